The maximum atomic E-state index is 13.4. The first-order valence-corrected chi connectivity index (χ1v) is 11.4. The van der Waals surface area contributed by atoms with Crippen LogP contribution in [0.4, 0.5) is 10.7 Å². The third kappa shape index (κ3) is 4.48. The van der Waals surface area contributed by atoms with Gasteiger partial charge in [-0.25, -0.2) is 0 Å². The number of benzene rings is 2. The Bertz CT molecular complexity index is 1140. The molecule has 166 valence electrons. The highest BCUT2D eigenvalue weighted by atomic mass is 32.1. The molecular formula is C25H26N2O4S. The van der Waals surface area contributed by atoms with Gasteiger partial charge in [0.2, 0.25) is 0 Å². The van der Waals surface area contributed by atoms with E-state index < -0.39 is 0 Å². The first kappa shape index (κ1) is 21.9. The largest absolute Gasteiger partial charge is 0.497 e. The number of anilines is 2. The van der Waals surface area contributed by atoms with Crippen LogP contribution >= 0.6 is 11.3 Å². The molecule has 1 atom stereocenters. The highest BCUT2D eigenvalue weighted by Gasteiger charge is 2.29. The van der Waals surface area contributed by atoms with Crippen LogP contribution in [0.1, 0.15) is 44.5 Å². The molecule has 1 heterocycles. The van der Waals surface area contributed by atoms with E-state index in [1.54, 1.807) is 44.6 Å². The van der Waals surface area contributed by atoms with Crippen LogP contribution in [0.5, 0.6) is 11.5 Å². The summed E-state index contributed by atoms with van der Waals surface area (Å²) in [6.07, 6.45) is 2.74. The Hall–Kier alpha value is -3.32. The Morgan fingerprint density at radius 1 is 1.00 bits per heavy atom. The van der Waals surface area contributed by atoms with Crippen LogP contribution in [0.2, 0.25) is 0 Å². The Kier molecular flexibility index (Phi) is 6.46. The van der Waals surface area contributed by atoms with Crippen molar-refractivity contribution in [1.82, 2.24) is 0 Å². The summed E-state index contributed by atoms with van der Waals surface area (Å²) in [5.74, 6) is 1.21. The Labute approximate surface area is 191 Å². The lowest BCUT2D eigenvalue weighted by Gasteiger charge is -2.19. The highest BCUT2D eigenvalue weighted by Crippen LogP contribution is 2.40. The smallest absolute Gasteiger partial charge is 0.259 e. The molecule has 1 aromatic heterocycles. The number of fused-ring (bicyclic) bond motifs is 1. The van der Waals surface area contributed by atoms with Crippen molar-refractivity contribution < 1.29 is 19.1 Å². The van der Waals surface area contributed by atoms with Gasteiger partial charge in [-0.05, 0) is 55.0 Å². The lowest BCUT2D eigenvalue weighted by Crippen LogP contribution is -2.19. The number of nitrogens with one attached hydrogen (secondary N) is 2. The number of carbonyl (C=O) groups is 2. The molecule has 0 bridgehead atoms. The normalized spacial score (nSPS) is 14.9. The average Bonchev–Trinajstić information content (AvgIpc) is 3.16. The van der Waals surface area contributed by atoms with E-state index in [0.29, 0.717) is 39.2 Å². The summed E-state index contributed by atoms with van der Waals surface area (Å²) in [5.41, 5.74) is 2.67. The summed E-state index contributed by atoms with van der Waals surface area (Å²) in [6.45, 7) is 2.22. The summed E-state index contributed by atoms with van der Waals surface area (Å²) < 4.78 is 10.7. The third-order valence-electron chi connectivity index (χ3n) is 5.66. The number of thiophene rings is 1. The second-order valence-electron chi connectivity index (χ2n) is 7.90. The van der Waals surface area contributed by atoms with E-state index in [1.165, 1.54) is 16.2 Å². The first-order chi connectivity index (χ1) is 15.5. The van der Waals surface area contributed by atoms with Gasteiger partial charge in [-0.3, -0.25) is 9.59 Å². The molecule has 0 aliphatic heterocycles. The molecule has 32 heavy (non-hydrogen) atoms. The van der Waals surface area contributed by atoms with Crippen molar-refractivity contribution in [3.05, 3.63) is 70.1 Å². The van der Waals surface area contributed by atoms with Gasteiger partial charge >= 0.3 is 0 Å². The maximum absolute atomic E-state index is 13.4. The number of amides is 2. The minimum atomic E-state index is -0.260. The van der Waals surface area contributed by atoms with Gasteiger partial charge in [-0.1, -0.05) is 25.1 Å². The van der Waals surface area contributed by atoms with Crippen molar-refractivity contribution in [2.45, 2.75) is 26.2 Å². The minimum Gasteiger partial charge on any atom is -0.497 e. The molecule has 0 radical (unpaired) electrons. The number of hydrogen-bond donors (Lipinski definition) is 2. The van der Waals surface area contributed by atoms with Crippen molar-refractivity contribution in [3.8, 4) is 11.5 Å². The summed E-state index contributed by atoms with van der Waals surface area (Å²) in [4.78, 5) is 27.4. The molecule has 1 aliphatic carbocycles. The molecule has 6 nitrogen and oxygen atoms in total. The van der Waals surface area contributed by atoms with Gasteiger partial charge < -0.3 is 20.1 Å². The van der Waals surface area contributed by atoms with Crippen LogP contribution < -0.4 is 20.1 Å². The third-order valence-corrected chi connectivity index (χ3v) is 6.83. The zero-order chi connectivity index (χ0) is 22.7. The van der Waals surface area contributed by atoms with Gasteiger partial charge in [-0.2, -0.15) is 0 Å². The quantitative estimate of drug-likeness (QED) is 0.528. The summed E-state index contributed by atoms with van der Waals surface area (Å²) in [5, 5.41) is 6.53. The van der Waals surface area contributed by atoms with E-state index in [1.807, 2.05) is 18.2 Å². The second-order valence-corrected chi connectivity index (χ2v) is 9.00. The van der Waals surface area contributed by atoms with Gasteiger partial charge in [-0.15, -0.1) is 11.3 Å². The van der Waals surface area contributed by atoms with E-state index in [-0.39, 0.29) is 11.8 Å². The highest BCUT2D eigenvalue weighted by molar-refractivity contribution is 7.17. The minimum absolute atomic E-state index is 0.228. The Morgan fingerprint density at radius 2 is 1.78 bits per heavy atom. The molecule has 7 heteroatoms. The van der Waals surface area contributed by atoms with E-state index in [9.17, 15) is 9.59 Å². The Balaban J connectivity index is 1.67. The number of carbonyl (C=O) groups excluding carboxylic acids is 2. The molecule has 2 amide bonds. The number of ether oxygens (including phenoxy) is 2. The molecule has 2 N–H and O–H groups in total. The molecule has 1 aliphatic rings. The standard InChI is InChI=1S/C25H26N2O4S/c1-15-9-11-18-21(13-15)32-25(27-23(28)16-7-5-4-6-8-16)22(18)24(29)26-19-12-10-17(30-2)14-20(19)31-3/h4-8,10,12,14-15H,9,11,13H2,1-3H3,(H,26,29)(H,27,28). The molecular weight excluding hydrogens is 424 g/mol. The fourth-order valence-corrected chi connectivity index (χ4v) is 5.33. The van der Waals surface area contributed by atoms with Crippen LogP contribution in [0.15, 0.2) is 48.5 Å². The number of hydrogen-bond acceptors (Lipinski definition) is 5. The first-order valence-electron chi connectivity index (χ1n) is 10.5. The molecule has 0 spiro atoms. The lowest BCUT2D eigenvalue weighted by molar-refractivity contribution is 0.102. The Morgan fingerprint density at radius 3 is 2.50 bits per heavy atom. The molecule has 3 aromatic rings. The zero-order valence-corrected chi connectivity index (χ0v) is 19.2. The van der Waals surface area contributed by atoms with Crippen molar-refractivity contribution in [1.29, 1.82) is 0 Å². The van der Waals surface area contributed by atoms with Gasteiger partial charge in [0.15, 0.2) is 0 Å². The molecule has 0 fully saturated rings. The van der Waals surface area contributed by atoms with Gasteiger partial charge in [0, 0.05) is 16.5 Å². The predicted octanol–water partition coefficient (Wildman–Crippen LogP) is 5.39. The molecule has 1 unspecified atom stereocenters. The molecule has 4 rings (SSSR count). The fraction of sp³-hybridized carbons (Fsp3) is 0.280. The van der Waals surface area contributed by atoms with E-state index in [4.69, 9.17) is 9.47 Å². The van der Waals surface area contributed by atoms with Crippen molar-refractivity contribution >= 4 is 33.8 Å². The van der Waals surface area contributed by atoms with E-state index >= 15 is 0 Å². The summed E-state index contributed by atoms with van der Waals surface area (Å²) in [7, 11) is 3.12. The van der Waals surface area contributed by atoms with E-state index in [2.05, 4.69) is 17.6 Å². The van der Waals surface area contributed by atoms with Crippen LogP contribution in [0.25, 0.3) is 0 Å². The van der Waals surface area contributed by atoms with Gasteiger partial charge in [0.05, 0.1) is 25.5 Å². The van der Waals surface area contributed by atoms with E-state index in [0.717, 1.165) is 24.8 Å². The van der Waals surface area contributed by atoms with Crippen LogP contribution in [-0.4, -0.2) is 26.0 Å². The SMILES string of the molecule is COc1ccc(NC(=O)c2c(NC(=O)c3ccccc3)sc3c2CCC(C)C3)c(OC)c1. The molecule has 0 saturated heterocycles. The van der Waals surface area contributed by atoms with Crippen LogP contribution in [-0.2, 0) is 12.8 Å². The van der Waals surface area contributed by atoms with Crippen molar-refractivity contribution in [3.63, 3.8) is 0 Å². The van der Waals surface area contributed by atoms with Crippen LogP contribution in [0, 0.1) is 5.92 Å². The van der Waals surface area contributed by atoms with Gasteiger partial charge in [0.25, 0.3) is 11.8 Å². The second kappa shape index (κ2) is 9.44. The number of methoxy groups -OCH3 is 2. The van der Waals surface area contributed by atoms with Gasteiger partial charge in [0.1, 0.15) is 16.5 Å². The summed E-state index contributed by atoms with van der Waals surface area (Å²) >= 11 is 1.50. The summed E-state index contributed by atoms with van der Waals surface area (Å²) in [6, 6.07) is 14.3. The molecule has 2 aromatic carbocycles. The number of rotatable bonds is 6. The van der Waals surface area contributed by atoms with Crippen molar-refractivity contribution in [2.24, 2.45) is 5.92 Å². The average molecular weight is 451 g/mol. The monoisotopic (exact) mass is 450 g/mol. The zero-order valence-electron chi connectivity index (χ0n) is 18.4. The predicted molar refractivity (Wildman–Crippen MR) is 127 cm³/mol. The fourth-order valence-electron chi connectivity index (χ4n) is 3.93. The topological polar surface area (TPSA) is 76.7 Å². The lowest BCUT2D eigenvalue weighted by atomic mass is 9.88. The van der Waals surface area contributed by atoms with Crippen molar-refractivity contribution in [2.75, 3.05) is 24.9 Å². The molecule has 0 saturated carbocycles. The maximum Gasteiger partial charge on any atom is 0.259 e. The van der Waals surface area contributed by atoms with Crippen LogP contribution in [0.3, 0.4) is 0 Å².